The fourth-order valence-electron chi connectivity index (χ4n) is 3.22. The minimum absolute atomic E-state index is 0.222. The smallest absolute Gasteiger partial charge is 0.341 e. The first-order chi connectivity index (χ1) is 13.0. The number of aryl methyl sites for hydroxylation is 1. The van der Waals surface area contributed by atoms with Crippen LogP contribution in [0.15, 0.2) is 71.9 Å². The molecule has 0 radical (unpaired) electrons. The van der Waals surface area contributed by atoms with Gasteiger partial charge in [0.05, 0.1) is 11.7 Å². The molecule has 27 heavy (non-hydrogen) atoms. The third kappa shape index (κ3) is 3.13. The van der Waals surface area contributed by atoms with Crippen molar-refractivity contribution in [2.75, 3.05) is 0 Å². The molecule has 3 heterocycles. The Kier molecular flexibility index (Phi) is 4.08. The molecule has 6 nitrogen and oxygen atoms in total. The maximum atomic E-state index is 12.4. The highest BCUT2D eigenvalue weighted by atomic mass is 16.4. The van der Waals surface area contributed by atoms with Crippen molar-refractivity contribution < 1.29 is 9.90 Å². The summed E-state index contributed by atoms with van der Waals surface area (Å²) < 4.78 is 3.15. The Labute approximate surface area is 154 Å². The first kappa shape index (κ1) is 16.8. The Morgan fingerprint density at radius 1 is 1.11 bits per heavy atom. The highest BCUT2D eigenvalue weighted by Gasteiger charge is 2.14. The lowest BCUT2D eigenvalue weighted by Crippen LogP contribution is -2.22. The molecule has 0 saturated heterocycles. The van der Waals surface area contributed by atoms with Gasteiger partial charge in [-0.1, -0.05) is 30.3 Å². The van der Waals surface area contributed by atoms with E-state index in [2.05, 4.69) is 5.10 Å². The normalized spacial score (nSPS) is 11.0. The average molecular weight is 359 g/mol. The predicted molar refractivity (Wildman–Crippen MR) is 102 cm³/mol. The number of carbonyl (C=O) groups is 1. The molecule has 0 unspecified atom stereocenters. The summed E-state index contributed by atoms with van der Waals surface area (Å²) in [5.74, 6) is -1.22. The van der Waals surface area contributed by atoms with Crippen molar-refractivity contribution in [2.24, 2.45) is 7.05 Å². The van der Waals surface area contributed by atoms with Gasteiger partial charge in [-0.25, -0.2) is 4.79 Å². The minimum atomic E-state index is -1.22. The van der Waals surface area contributed by atoms with Gasteiger partial charge in [0.15, 0.2) is 0 Å². The van der Waals surface area contributed by atoms with Crippen molar-refractivity contribution in [2.45, 2.75) is 6.42 Å². The average Bonchev–Trinajstić information content (AvgIpc) is 3.11. The van der Waals surface area contributed by atoms with Gasteiger partial charge in [-0.05, 0) is 41.3 Å². The fraction of sp³-hybridized carbons (Fsp3) is 0.0952. The molecule has 0 bridgehead atoms. The quantitative estimate of drug-likeness (QED) is 0.608. The topological polar surface area (TPSA) is 76.6 Å². The second-order valence-corrected chi connectivity index (χ2v) is 6.43. The van der Waals surface area contributed by atoms with Crippen LogP contribution in [0.25, 0.3) is 16.6 Å². The van der Waals surface area contributed by atoms with Crippen molar-refractivity contribution in [1.29, 1.82) is 0 Å². The van der Waals surface area contributed by atoms with E-state index in [1.807, 2.05) is 55.8 Å². The van der Waals surface area contributed by atoms with Gasteiger partial charge in [0.2, 0.25) is 0 Å². The van der Waals surface area contributed by atoms with Crippen LogP contribution in [-0.2, 0) is 13.5 Å². The van der Waals surface area contributed by atoms with Crippen LogP contribution in [0.1, 0.15) is 21.5 Å². The first-order valence-corrected chi connectivity index (χ1v) is 8.47. The SMILES string of the molecule is Cn1cc(-c2ccc(Cc3cc(C(=O)O)c(=O)n4ccccc34)cc2)cn1. The summed E-state index contributed by atoms with van der Waals surface area (Å²) in [6, 6.07) is 14.9. The number of nitrogens with zero attached hydrogens (tertiary/aromatic N) is 3. The zero-order chi connectivity index (χ0) is 19.0. The molecule has 0 fully saturated rings. The summed E-state index contributed by atoms with van der Waals surface area (Å²) in [6.45, 7) is 0. The number of carboxylic acids is 1. The van der Waals surface area contributed by atoms with Gasteiger partial charge < -0.3 is 5.11 Å². The highest BCUT2D eigenvalue weighted by Crippen LogP contribution is 2.21. The summed E-state index contributed by atoms with van der Waals surface area (Å²) in [6.07, 6.45) is 5.89. The molecule has 4 aromatic rings. The zero-order valence-corrected chi connectivity index (χ0v) is 14.7. The first-order valence-electron chi connectivity index (χ1n) is 8.47. The standard InChI is InChI=1S/C21H17N3O3/c1-23-13-17(12-22-23)15-7-5-14(6-8-15)10-16-11-18(21(26)27)20(25)24-9-3-2-4-19(16)24/h2-9,11-13H,10H2,1H3,(H,26,27). The van der Waals surface area contributed by atoms with E-state index in [0.29, 0.717) is 11.9 Å². The summed E-state index contributed by atoms with van der Waals surface area (Å²) in [7, 11) is 1.88. The molecule has 134 valence electrons. The molecule has 4 rings (SSSR count). The van der Waals surface area contributed by atoms with Gasteiger partial charge >= 0.3 is 5.97 Å². The number of aromatic carboxylic acids is 1. The number of fused-ring (bicyclic) bond motifs is 1. The Hall–Kier alpha value is -3.67. The van der Waals surface area contributed by atoms with Gasteiger partial charge in [0.25, 0.3) is 5.56 Å². The second kappa shape index (κ2) is 6.57. The Morgan fingerprint density at radius 3 is 2.56 bits per heavy atom. The summed E-state index contributed by atoms with van der Waals surface area (Å²) in [5, 5.41) is 13.5. The molecule has 0 amide bonds. The molecule has 3 aromatic heterocycles. The highest BCUT2D eigenvalue weighted by molar-refractivity contribution is 5.88. The third-order valence-electron chi connectivity index (χ3n) is 4.57. The maximum Gasteiger partial charge on any atom is 0.341 e. The lowest BCUT2D eigenvalue weighted by atomic mass is 10.00. The largest absolute Gasteiger partial charge is 0.477 e. The van der Waals surface area contributed by atoms with E-state index in [4.69, 9.17) is 0 Å². The van der Waals surface area contributed by atoms with Crippen LogP contribution in [0.5, 0.6) is 0 Å². The summed E-state index contributed by atoms with van der Waals surface area (Å²) >= 11 is 0. The van der Waals surface area contributed by atoms with E-state index < -0.39 is 11.5 Å². The third-order valence-corrected chi connectivity index (χ3v) is 4.57. The van der Waals surface area contributed by atoms with Gasteiger partial charge in [-0.2, -0.15) is 5.10 Å². The van der Waals surface area contributed by atoms with Crippen molar-refractivity contribution in [3.8, 4) is 11.1 Å². The molecule has 6 heteroatoms. The number of benzene rings is 1. The Balaban J connectivity index is 1.74. The lowest BCUT2D eigenvalue weighted by Gasteiger charge is -2.10. The molecule has 0 spiro atoms. The number of pyridine rings is 2. The fourth-order valence-corrected chi connectivity index (χ4v) is 3.22. The summed E-state index contributed by atoms with van der Waals surface area (Å²) in [5.41, 5.74) is 3.89. The number of rotatable bonds is 4. The molecule has 0 aliphatic heterocycles. The van der Waals surface area contributed by atoms with E-state index in [1.165, 1.54) is 10.5 Å². The maximum absolute atomic E-state index is 12.4. The number of carboxylic acid groups (broad SMARTS) is 1. The van der Waals surface area contributed by atoms with Crippen molar-refractivity contribution >= 4 is 11.5 Å². The van der Waals surface area contributed by atoms with Gasteiger partial charge in [0.1, 0.15) is 5.56 Å². The number of hydrogen-bond donors (Lipinski definition) is 1. The van der Waals surface area contributed by atoms with Crippen LogP contribution >= 0.6 is 0 Å². The van der Waals surface area contributed by atoms with E-state index in [-0.39, 0.29) is 5.56 Å². The number of hydrogen-bond acceptors (Lipinski definition) is 3. The zero-order valence-electron chi connectivity index (χ0n) is 14.7. The molecule has 0 aliphatic carbocycles. The summed E-state index contributed by atoms with van der Waals surface area (Å²) in [4.78, 5) is 23.8. The molecule has 0 atom stereocenters. The molecule has 0 saturated carbocycles. The molecular formula is C21H17N3O3. The van der Waals surface area contributed by atoms with Crippen LogP contribution in [-0.4, -0.2) is 25.3 Å². The van der Waals surface area contributed by atoms with E-state index >= 15 is 0 Å². The molecular weight excluding hydrogens is 342 g/mol. The monoisotopic (exact) mass is 359 g/mol. The lowest BCUT2D eigenvalue weighted by molar-refractivity contribution is 0.0694. The van der Waals surface area contributed by atoms with Crippen molar-refractivity contribution in [3.05, 3.63) is 94.2 Å². The van der Waals surface area contributed by atoms with Crippen molar-refractivity contribution in [1.82, 2.24) is 14.2 Å². The Bertz CT molecular complexity index is 1200. The van der Waals surface area contributed by atoms with Crippen LogP contribution in [0, 0.1) is 0 Å². The molecule has 0 aliphatic rings. The van der Waals surface area contributed by atoms with Crippen LogP contribution < -0.4 is 5.56 Å². The van der Waals surface area contributed by atoms with E-state index in [1.54, 1.807) is 16.9 Å². The van der Waals surface area contributed by atoms with Crippen molar-refractivity contribution in [3.63, 3.8) is 0 Å². The van der Waals surface area contributed by atoms with Gasteiger partial charge in [-0.3, -0.25) is 13.9 Å². The molecule has 1 aromatic carbocycles. The predicted octanol–water partition coefficient (Wildman–Crippen LogP) is 2.99. The van der Waals surface area contributed by atoms with Crippen LogP contribution in [0.2, 0.25) is 0 Å². The van der Waals surface area contributed by atoms with Crippen LogP contribution in [0.4, 0.5) is 0 Å². The van der Waals surface area contributed by atoms with Gasteiger partial charge in [0, 0.05) is 25.0 Å². The Morgan fingerprint density at radius 2 is 1.89 bits per heavy atom. The second-order valence-electron chi connectivity index (χ2n) is 6.43. The molecule has 1 N–H and O–H groups in total. The van der Waals surface area contributed by atoms with Crippen LogP contribution in [0.3, 0.4) is 0 Å². The van der Waals surface area contributed by atoms with E-state index in [0.717, 1.165) is 22.3 Å². The minimum Gasteiger partial charge on any atom is -0.477 e. The van der Waals surface area contributed by atoms with Gasteiger partial charge in [-0.15, -0.1) is 0 Å². The number of aromatic nitrogens is 3. The van der Waals surface area contributed by atoms with E-state index in [9.17, 15) is 14.7 Å².